The second kappa shape index (κ2) is 8.17. The second-order valence-corrected chi connectivity index (χ2v) is 6.67. The van der Waals surface area contributed by atoms with E-state index in [2.05, 4.69) is 5.32 Å². The third kappa shape index (κ3) is 5.07. The SMILES string of the molecule is CC(=O)c1cccc(NC(=O)COc2cc(C)c(Cl)cc2C(C)C)c1. The lowest BCUT2D eigenvalue weighted by Crippen LogP contribution is -2.20. The van der Waals surface area contributed by atoms with Crippen molar-refractivity contribution in [1.82, 2.24) is 0 Å². The first kappa shape index (κ1) is 19.0. The summed E-state index contributed by atoms with van der Waals surface area (Å²) in [6, 6.07) is 10.5. The van der Waals surface area contributed by atoms with Crippen LogP contribution in [0.15, 0.2) is 36.4 Å². The van der Waals surface area contributed by atoms with Crippen LogP contribution in [0.5, 0.6) is 5.75 Å². The normalized spacial score (nSPS) is 10.6. The summed E-state index contributed by atoms with van der Waals surface area (Å²) in [5.41, 5.74) is 2.98. The molecule has 0 unspecified atom stereocenters. The molecular weight excluding hydrogens is 338 g/mol. The molecule has 0 spiro atoms. The van der Waals surface area contributed by atoms with Crippen molar-refractivity contribution < 1.29 is 14.3 Å². The zero-order chi connectivity index (χ0) is 18.6. The molecule has 25 heavy (non-hydrogen) atoms. The van der Waals surface area contributed by atoms with Crippen LogP contribution in [0, 0.1) is 6.92 Å². The number of anilines is 1. The Morgan fingerprint density at radius 1 is 1.20 bits per heavy atom. The summed E-state index contributed by atoms with van der Waals surface area (Å²) < 4.78 is 5.71. The molecule has 0 heterocycles. The first-order valence-corrected chi connectivity index (χ1v) is 8.49. The molecule has 0 aliphatic rings. The lowest BCUT2D eigenvalue weighted by molar-refractivity contribution is -0.118. The van der Waals surface area contributed by atoms with Gasteiger partial charge in [-0.05, 0) is 55.2 Å². The summed E-state index contributed by atoms with van der Waals surface area (Å²) >= 11 is 6.18. The second-order valence-electron chi connectivity index (χ2n) is 6.27. The average molecular weight is 360 g/mol. The number of ketones is 1. The molecule has 2 aromatic rings. The van der Waals surface area contributed by atoms with Gasteiger partial charge in [-0.2, -0.15) is 0 Å². The minimum Gasteiger partial charge on any atom is -0.483 e. The van der Waals surface area contributed by atoms with Crippen molar-refractivity contribution in [3.63, 3.8) is 0 Å². The molecule has 2 rings (SSSR count). The van der Waals surface area contributed by atoms with E-state index in [-0.39, 0.29) is 24.2 Å². The van der Waals surface area contributed by atoms with Crippen LogP contribution in [0.25, 0.3) is 0 Å². The molecule has 0 bridgehead atoms. The summed E-state index contributed by atoms with van der Waals surface area (Å²) in [6.45, 7) is 7.35. The van der Waals surface area contributed by atoms with Crippen molar-refractivity contribution in [3.05, 3.63) is 58.1 Å². The molecule has 4 nitrogen and oxygen atoms in total. The fourth-order valence-electron chi connectivity index (χ4n) is 2.40. The third-order valence-electron chi connectivity index (χ3n) is 3.82. The summed E-state index contributed by atoms with van der Waals surface area (Å²) in [4.78, 5) is 23.6. The van der Waals surface area contributed by atoms with Gasteiger partial charge in [0.05, 0.1) is 0 Å². The van der Waals surface area contributed by atoms with Gasteiger partial charge >= 0.3 is 0 Å². The molecule has 1 amide bonds. The van der Waals surface area contributed by atoms with Gasteiger partial charge in [0.1, 0.15) is 5.75 Å². The van der Waals surface area contributed by atoms with E-state index in [1.165, 1.54) is 6.92 Å². The summed E-state index contributed by atoms with van der Waals surface area (Å²) in [7, 11) is 0. The Bertz CT molecular complexity index is 800. The van der Waals surface area contributed by atoms with Gasteiger partial charge in [-0.15, -0.1) is 0 Å². The molecule has 1 N–H and O–H groups in total. The summed E-state index contributed by atoms with van der Waals surface area (Å²) in [6.07, 6.45) is 0. The molecule has 0 saturated heterocycles. The lowest BCUT2D eigenvalue weighted by Gasteiger charge is -2.16. The Morgan fingerprint density at radius 2 is 1.92 bits per heavy atom. The van der Waals surface area contributed by atoms with E-state index in [0.29, 0.717) is 22.0 Å². The molecule has 0 saturated carbocycles. The quantitative estimate of drug-likeness (QED) is 0.739. The highest BCUT2D eigenvalue weighted by Gasteiger charge is 2.13. The van der Waals surface area contributed by atoms with E-state index in [4.69, 9.17) is 16.3 Å². The monoisotopic (exact) mass is 359 g/mol. The maximum absolute atomic E-state index is 12.2. The number of rotatable bonds is 6. The summed E-state index contributed by atoms with van der Waals surface area (Å²) in [5.74, 6) is 0.543. The predicted octanol–water partition coefficient (Wildman–Crippen LogP) is 4.99. The minimum atomic E-state index is -0.289. The zero-order valence-electron chi connectivity index (χ0n) is 14.9. The van der Waals surface area contributed by atoms with Gasteiger partial charge in [0, 0.05) is 16.3 Å². The number of amides is 1. The molecular formula is C20H22ClNO3. The Hall–Kier alpha value is -2.33. The van der Waals surface area contributed by atoms with Gasteiger partial charge in [-0.25, -0.2) is 0 Å². The van der Waals surface area contributed by atoms with Gasteiger partial charge in [0.15, 0.2) is 12.4 Å². The first-order chi connectivity index (χ1) is 11.8. The van der Waals surface area contributed by atoms with Crippen LogP contribution in [-0.4, -0.2) is 18.3 Å². The molecule has 0 aliphatic heterocycles. The van der Waals surface area contributed by atoms with Crippen LogP contribution in [0.4, 0.5) is 5.69 Å². The smallest absolute Gasteiger partial charge is 0.262 e. The molecule has 0 aromatic heterocycles. The van der Waals surface area contributed by atoms with Crippen LogP contribution >= 0.6 is 11.6 Å². The van der Waals surface area contributed by atoms with Crippen LogP contribution in [0.2, 0.25) is 5.02 Å². The van der Waals surface area contributed by atoms with E-state index >= 15 is 0 Å². The number of carbonyl (C=O) groups excluding carboxylic acids is 2. The van der Waals surface area contributed by atoms with Crippen molar-refractivity contribution in [2.24, 2.45) is 0 Å². The molecule has 0 atom stereocenters. The predicted molar refractivity (Wildman–Crippen MR) is 101 cm³/mol. The number of ether oxygens (including phenoxy) is 1. The van der Waals surface area contributed by atoms with E-state index in [0.717, 1.165) is 11.1 Å². The van der Waals surface area contributed by atoms with Crippen molar-refractivity contribution in [3.8, 4) is 5.75 Å². The van der Waals surface area contributed by atoms with Crippen molar-refractivity contribution in [1.29, 1.82) is 0 Å². The fourth-order valence-corrected chi connectivity index (χ4v) is 2.58. The molecule has 5 heteroatoms. The third-order valence-corrected chi connectivity index (χ3v) is 4.23. The number of aryl methyl sites for hydroxylation is 1. The number of hydrogen-bond acceptors (Lipinski definition) is 3. The van der Waals surface area contributed by atoms with Crippen LogP contribution in [-0.2, 0) is 4.79 Å². The van der Waals surface area contributed by atoms with Crippen molar-refractivity contribution in [2.75, 3.05) is 11.9 Å². The first-order valence-electron chi connectivity index (χ1n) is 8.11. The number of benzene rings is 2. The van der Waals surface area contributed by atoms with E-state index < -0.39 is 0 Å². The average Bonchev–Trinajstić information content (AvgIpc) is 2.55. The highest BCUT2D eigenvalue weighted by molar-refractivity contribution is 6.31. The summed E-state index contributed by atoms with van der Waals surface area (Å²) in [5, 5.41) is 3.42. The van der Waals surface area contributed by atoms with Gasteiger partial charge < -0.3 is 10.1 Å². The molecule has 2 aromatic carbocycles. The minimum absolute atomic E-state index is 0.0504. The number of carbonyl (C=O) groups is 2. The number of halogens is 1. The Labute approximate surface area is 153 Å². The maximum atomic E-state index is 12.2. The lowest BCUT2D eigenvalue weighted by atomic mass is 10.0. The topological polar surface area (TPSA) is 55.4 Å². The maximum Gasteiger partial charge on any atom is 0.262 e. The van der Waals surface area contributed by atoms with Crippen LogP contribution in [0.1, 0.15) is 48.2 Å². The van der Waals surface area contributed by atoms with E-state index in [1.807, 2.05) is 32.9 Å². The largest absolute Gasteiger partial charge is 0.483 e. The van der Waals surface area contributed by atoms with Gasteiger partial charge in [-0.3, -0.25) is 9.59 Å². The number of Topliss-reactive ketones (excluding diaryl/α,β-unsaturated/α-hetero) is 1. The van der Waals surface area contributed by atoms with Crippen LogP contribution in [0.3, 0.4) is 0 Å². The van der Waals surface area contributed by atoms with Gasteiger partial charge in [0.2, 0.25) is 0 Å². The van der Waals surface area contributed by atoms with Gasteiger partial charge in [0.25, 0.3) is 5.91 Å². The highest BCUT2D eigenvalue weighted by atomic mass is 35.5. The fraction of sp³-hybridized carbons (Fsp3) is 0.300. The Balaban J connectivity index is 2.06. The number of hydrogen-bond donors (Lipinski definition) is 1. The van der Waals surface area contributed by atoms with Crippen LogP contribution < -0.4 is 10.1 Å². The standard InChI is InChI=1S/C20H22ClNO3/c1-12(2)17-10-18(21)13(3)8-19(17)25-11-20(24)22-16-7-5-6-15(9-16)14(4)23/h5-10,12H,11H2,1-4H3,(H,22,24). The molecule has 0 radical (unpaired) electrons. The Morgan fingerprint density at radius 3 is 2.56 bits per heavy atom. The van der Waals surface area contributed by atoms with Gasteiger partial charge in [-0.1, -0.05) is 37.6 Å². The zero-order valence-corrected chi connectivity index (χ0v) is 15.6. The Kier molecular flexibility index (Phi) is 6.21. The number of nitrogens with one attached hydrogen (secondary N) is 1. The molecule has 0 aliphatic carbocycles. The molecule has 132 valence electrons. The highest BCUT2D eigenvalue weighted by Crippen LogP contribution is 2.32. The van der Waals surface area contributed by atoms with E-state index in [9.17, 15) is 9.59 Å². The molecule has 0 fully saturated rings. The van der Waals surface area contributed by atoms with E-state index in [1.54, 1.807) is 24.3 Å². The van der Waals surface area contributed by atoms with Crippen molar-refractivity contribution in [2.45, 2.75) is 33.6 Å². The van der Waals surface area contributed by atoms with Crippen molar-refractivity contribution >= 4 is 29.0 Å².